The van der Waals surface area contributed by atoms with Gasteiger partial charge in [0.25, 0.3) is 5.91 Å². The van der Waals surface area contributed by atoms with Crippen LogP contribution in [0.15, 0.2) is 29.6 Å². The number of thiazole rings is 1. The van der Waals surface area contributed by atoms with E-state index in [4.69, 9.17) is 4.74 Å². The molecule has 1 heterocycles. The van der Waals surface area contributed by atoms with Crippen molar-refractivity contribution in [2.24, 2.45) is 0 Å². The predicted octanol–water partition coefficient (Wildman–Crippen LogP) is 2.71. The van der Waals surface area contributed by atoms with Crippen LogP contribution in [-0.4, -0.2) is 42.7 Å². The predicted molar refractivity (Wildman–Crippen MR) is 99.4 cm³/mol. The lowest BCUT2D eigenvalue weighted by Gasteiger charge is -2.15. The van der Waals surface area contributed by atoms with Gasteiger partial charge in [0.05, 0.1) is 5.69 Å². The highest BCUT2D eigenvalue weighted by Crippen LogP contribution is 2.32. The first-order valence-corrected chi connectivity index (χ1v) is 9.43. The number of carbonyl (C=O) groups is 1. The second-order valence-corrected chi connectivity index (χ2v) is 7.04. The van der Waals surface area contributed by atoms with Crippen molar-refractivity contribution in [1.82, 2.24) is 15.6 Å². The highest BCUT2D eigenvalue weighted by molar-refractivity contribution is 7.09. The first-order valence-electron chi connectivity index (χ1n) is 8.55. The van der Waals surface area contributed by atoms with E-state index in [0.717, 1.165) is 5.56 Å². The smallest absolute Gasteiger partial charge is 0.443 e. The summed E-state index contributed by atoms with van der Waals surface area (Å²) in [6.07, 6.45) is -5.61. The van der Waals surface area contributed by atoms with Crippen LogP contribution >= 0.6 is 11.3 Å². The van der Waals surface area contributed by atoms with E-state index in [9.17, 15) is 23.1 Å². The van der Waals surface area contributed by atoms with E-state index in [2.05, 4.69) is 15.6 Å². The van der Waals surface area contributed by atoms with Crippen molar-refractivity contribution < 1.29 is 27.8 Å². The fourth-order valence-corrected chi connectivity index (χ4v) is 3.08. The van der Waals surface area contributed by atoms with Gasteiger partial charge < -0.3 is 20.5 Å². The van der Waals surface area contributed by atoms with Crippen LogP contribution in [0.5, 0.6) is 5.75 Å². The highest BCUT2D eigenvalue weighted by atomic mass is 32.1. The first kappa shape index (κ1) is 22.1. The maximum Gasteiger partial charge on any atom is 0.443 e. The first-order chi connectivity index (χ1) is 13.2. The van der Waals surface area contributed by atoms with E-state index in [-0.39, 0.29) is 30.7 Å². The second-order valence-electron chi connectivity index (χ2n) is 6.18. The summed E-state index contributed by atoms with van der Waals surface area (Å²) in [5, 5.41) is 15.8. The van der Waals surface area contributed by atoms with E-state index in [0.29, 0.717) is 23.6 Å². The topological polar surface area (TPSA) is 83.5 Å². The van der Waals surface area contributed by atoms with Gasteiger partial charge in [-0.2, -0.15) is 13.2 Å². The summed E-state index contributed by atoms with van der Waals surface area (Å²) >= 11 is 0.469. The highest BCUT2D eigenvalue weighted by Gasteiger charge is 2.35. The third kappa shape index (κ3) is 6.47. The summed E-state index contributed by atoms with van der Waals surface area (Å²) in [4.78, 5) is 14.6. The lowest BCUT2D eigenvalue weighted by atomic mass is 10.0. The Morgan fingerprint density at radius 2 is 1.96 bits per heavy atom. The fraction of sp³-hybridized carbons (Fsp3) is 0.444. The molecule has 0 radical (unpaired) electrons. The summed E-state index contributed by atoms with van der Waals surface area (Å²) in [6, 6.07) is 7.27. The molecule has 2 rings (SSSR count). The Bertz CT molecular complexity index is 765. The molecular formula is C18H22F3N3O3S. The number of rotatable bonds is 9. The second kappa shape index (κ2) is 9.85. The molecule has 0 spiro atoms. The number of carbonyl (C=O) groups excluding carboxylic acids is 1. The molecule has 1 aromatic heterocycles. The molecule has 0 aliphatic rings. The van der Waals surface area contributed by atoms with Crippen LogP contribution in [0.25, 0.3) is 0 Å². The van der Waals surface area contributed by atoms with Gasteiger partial charge in [0, 0.05) is 25.5 Å². The molecule has 0 aliphatic carbocycles. The Balaban J connectivity index is 1.79. The van der Waals surface area contributed by atoms with Gasteiger partial charge in [-0.25, -0.2) is 4.98 Å². The Kier molecular flexibility index (Phi) is 7.78. The minimum Gasteiger partial charge on any atom is -0.484 e. The Labute approximate surface area is 164 Å². The molecule has 2 unspecified atom stereocenters. The van der Waals surface area contributed by atoms with Crippen molar-refractivity contribution in [3.05, 3.63) is 45.9 Å². The average molecular weight is 417 g/mol. The maximum absolute atomic E-state index is 12.6. The van der Waals surface area contributed by atoms with Crippen LogP contribution in [0.1, 0.15) is 35.2 Å². The number of hydrogen-bond acceptors (Lipinski definition) is 6. The molecule has 6 nitrogen and oxygen atoms in total. The number of likely N-dealkylation sites (N-methyl/N-ethyl adjacent to an activating group) is 1. The molecule has 10 heteroatoms. The van der Waals surface area contributed by atoms with Crippen LogP contribution < -0.4 is 15.4 Å². The van der Waals surface area contributed by atoms with Crippen molar-refractivity contribution in [2.75, 3.05) is 26.7 Å². The monoisotopic (exact) mass is 417 g/mol. The number of nitrogens with zero attached hydrogens (tertiary/aromatic N) is 1. The molecule has 2 atom stereocenters. The number of aromatic nitrogens is 1. The van der Waals surface area contributed by atoms with Crippen molar-refractivity contribution >= 4 is 17.2 Å². The minimum absolute atomic E-state index is 0.00935. The van der Waals surface area contributed by atoms with Crippen molar-refractivity contribution in [3.8, 4) is 5.75 Å². The molecule has 0 saturated heterocycles. The van der Waals surface area contributed by atoms with Crippen LogP contribution in [0.3, 0.4) is 0 Å². The molecule has 1 aromatic carbocycles. The molecular weight excluding hydrogens is 395 g/mol. The molecule has 28 heavy (non-hydrogen) atoms. The minimum atomic E-state index is -4.50. The number of ether oxygens (including phenoxy) is 1. The van der Waals surface area contributed by atoms with Crippen LogP contribution in [0, 0.1) is 0 Å². The number of halogens is 3. The number of aliphatic hydroxyl groups excluding tert-OH is 1. The lowest BCUT2D eigenvalue weighted by molar-refractivity contribution is -0.137. The molecule has 0 aliphatic heterocycles. The maximum atomic E-state index is 12.6. The molecule has 0 fully saturated rings. The summed E-state index contributed by atoms with van der Waals surface area (Å²) < 4.78 is 43.0. The largest absolute Gasteiger partial charge is 0.484 e. The standard InChI is InChI=1S/C18H22F3N3O3S/c1-11(12-3-5-13(6-4-12)27-9-16(26)22-2)7-23-8-15(25)14-10-28-17(24-14)18(19,20)21/h3-6,10-11,15,23,25H,7-9H2,1-2H3,(H,22,26). The number of amides is 1. The summed E-state index contributed by atoms with van der Waals surface area (Å²) in [7, 11) is 1.53. The van der Waals surface area contributed by atoms with E-state index >= 15 is 0 Å². The summed E-state index contributed by atoms with van der Waals surface area (Å²) in [5.74, 6) is 0.455. The zero-order chi connectivity index (χ0) is 20.7. The third-order valence-electron chi connectivity index (χ3n) is 3.99. The van der Waals surface area contributed by atoms with Gasteiger partial charge in [0.15, 0.2) is 11.6 Å². The van der Waals surface area contributed by atoms with E-state index < -0.39 is 17.3 Å². The van der Waals surface area contributed by atoms with Gasteiger partial charge in [0.1, 0.15) is 11.9 Å². The molecule has 3 N–H and O–H groups in total. The Morgan fingerprint density at radius 1 is 1.29 bits per heavy atom. The van der Waals surface area contributed by atoms with Gasteiger partial charge in [-0.3, -0.25) is 4.79 Å². The van der Waals surface area contributed by atoms with E-state index in [1.807, 2.05) is 19.1 Å². The Hall–Kier alpha value is -2.17. The number of nitrogens with one attached hydrogen (secondary N) is 2. The zero-order valence-electron chi connectivity index (χ0n) is 15.4. The number of hydrogen-bond donors (Lipinski definition) is 3. The quantitative estimate of drug-likeness (QED) is 0.584. The third-order valence-corrected chi connectivity index (χ3v) is 4.90. The molecule has 0 bridgehead atoms. The number of aliphatic hydroxyl groups is 1. The van der Waals surface area contributed by atoms with Crippen LogP contribution in [0.4, 0.5) is 13.2 Å². The van der Waals surface area contributed by atoms with Gasteiger partial charge in [-0.15, -0.1) is 11.3 Å². The fourth-order valence-electron chi connectivity index (χ4n) is 2.34. The van der Waals surface area contributed by atoms with Gasteiger partial charge in [0.2, 0.25) is 0 Å². The number of benzene rings is 1. The molecule has 1 amide bonds. The zero-order valence-corrected chi connectivity index (χ0v) is 16.2. The van der Waals surface area contributed by atoms with Crippen molar-refractivity contribution in [2.45, 2.75) is 25.1 Å². The Morgan fingerprint density at radius 3 is 2.54 bits per heavy atom. The summed E-state index contributed by atoms with van der Waals surface area (Å²) in [5.41, 5.74) is 1.03. The van der Waals surface area contributed by atoms with Crippen LogP contribution in [-0.2, 0) is 11.0 Å². The SMILES string of the molecule is CNC(=O)COc1ccc(C(C)CNCC(O)c2csc(C(F)(F)F)n2)cc1. The van der Waals surface area contributed by atoms with E-state index in [1.165, 1.54) is 12.4 Å². The van der Waals surface area contributed by atoms with Gasteiger partial charge >= 0.3 is 6.18 Å². The average Bonchev–Trinajstić information content (AvgIpc) is 3.17. The molecule has 154 valence electrons. The van der Waals surface area contributed by atoms with Crippen molar-refractivity contribution in [3.63, 3.8) is 0 Å². The van der Waals surface area contributed by atoms with Crippen LogP contribution in [0.2, 0.25) is 0 Å². The number of alkyl halides is 3. The van der Waals surface area contributed by atoms with Crippen molar-refractivity contribution in [1.29, 1.82) is 0 Å². The lowest BCUT2D eigenvalue weighted by Crippen LogP contribution is -2.26. The normalized spacial score (nSPS) is 13.8. The van der Waals surface area contributed by atoms with E-state index in [1.54, 1.807) is 12.1 Å². The summed E-state index contributed by atoms with van der Waals surface area (Å²) in [6.45, 7) is 2.53. The molecule has 0 saturated carbocycles. The van der Waals surface area contributed by atoms with Gasteiger partial charge in [-0.1, -0.05) is 19.1 Å². The molecule has 2 aromatic rings. The van der Waals surface area contributed by atoms with Gasteiger partial charge in [-0.05, 0) is 23.6 Å².